The zero-order chi connectivity index (χ0) is 13.0. The van der Waals surface area contributed by atoms with E-state index in [0.717, 1.165) is 38.8 Å². The number of aliphatic hydroxyl groups is 1. The maximum Gasteiger partial charge on any atom is 0.236 e. The van der Waals surface area contributed by atoms with Crippen molar-refractivity contribution in [1.29, 1.82) is 0 Å². The summed E-state index contributed by atoms with van der Waals surface area (Å²) in [5, 5.41) is 10.3. The molecule has 5 nitrogen and oxygen atoms in total. The molecule has 1 N–H and O–H groups in total. The molecular formula is C13H24N2O3. The minimum absolute atomic E-state index is 0.0947. The molecule has 0 unspecified atom stereocenters. The predicted octanol–water partition coefficient (Wildman–Crippen LogP) is 0.0821. The number of carbonyl (C=O) groups excluding carboxylic acids is 1. The average molecular weight is 256 g/mol. The first-order valence-electron chi connectivity index (χ1n) is 6.86. The molecule has 5 heteroatoms. The lowest BCUT2D eigenvalue weighted by Gasteiger charge is -2.31. The van der Waals surface area contributed by atoms with Crippen LogP contribution in [0.2, 0.25) is 0 Å². The molecule has 2 aliphatic rings. The van der Waals surface area contributed by atoms with E-state index in [-0.39, 0.29) is 5.91 Å². The first-order valence-corrected chi connectivity index (χ1v) is 6.86. The zero-order valence-corrected chi connectivity index (χ0v) is 11.2. The summed E-state index contributed by atoms with van der Waals surface area (Å²) in [6.45, 7) is 3.97. The van der Waals surface area contributed by atoms with Crippen LogP contribution in [0.15, 0.2) is 0 Å². The van der Waals surface area contributed by atoms with E-state index in [0.29, 0.717) is 26.3 Å². The Kier molecular flexibility index (Phi) is 4.59. The molecule has 1 aliphatic carbocycles. The highest BCUT2D eigenvalue weighted by Crippen LogP contribution is 2.29. The Morgan fingerprint density at radius 2 is 1.94 bits per heavy atom. The van der Waals surface area contributed by atoms with Crippen molar-refractivity contribution < 1.29 is 14.6 Å². The molecule has 2 rings (SSSR count). The molecule has 0 aromatic carbocycles. The highest BCUT2D eigenvalue weighted by Gasteiger charge is 2.33. The molecule has 0 spiro atoms. The maximum atomic E-state index is 12.1. The summed E-state index contributed by atoms with van der Waals surface area (Å²) in [6, 6.07) is 0. The maximum absolute atomic E-state index is 12.1. The van der Waals surface area contributed by atoms with Gasteiger partial charge >= 0.3 is 0 Å². The van der Waals surface area contributed by atoms with Gasteiger partial charge in [-0.3, -0.25) is 9.69 Å². The number of rotatable bonds is 4. The Morgan fingerprint density at radius 3 is 2.56 bits per heavy atom. The van der Waals surface area contributed by atoms with Gasteiger partial charge < -0.3 is 14.7 Å². The van der Waals surface area contributed by atoms with Gasteiger partial charge in [-0.1, -0.05) is 12.8 Å². The highest BCUT2D eigenvalue weighted by molar-refractivity contribution is 5.78. The first kappa shape index (κ1) is 13.8. The van der Waals surface area contributed by atoms with Gasteiger partial charge in [-0.05, 0) is 12.8 Å². The second-order valence-corrected chi connectivity index (χ2v) is 5.57. The molecule has 2 fully saturated rings. The molecule has 18 heavy (non-hydrogen) atoms. The van der Waals surface area contributed by atoms with Gasteiger partial charge in [-0.25, -0.2) is 0 Å². The summed E-state index contributed by atoms with van der Waals surface area (Å²) in [5.41, 5.74) is -0.643. The third-order valence-corrected chi connectivity index (χ3v) is 3.95. The average Bonchev–Trinajstić information content (AvgIpc) is 2.77. The molecule has 0 atom stereocenters. The monoisotopic (exact) mass is 256 g/mol. The fraction of sp³-hybridized carbons (Fsp3) is 0.923. The van der Waals surface area contributed by atoms with Crippen molar-refractivity contribution >= 4 is 5.91 Å². The number of hydrogen-bond donors (Lipinski definition) is 1. The Hall–Kier alpha value is -0.650. The van der Waals surface area contributed by atoms with Crippen molar-refractivity contribution in [3.05, 3.63) is 0 Å². The number of carbonyl (C=O) groups is 1. The highest BCUT2D eigenvalue weighted by atomic mass is 16.5. The molecule has 0 radical (unpaired) electrons. The minimum Gasteiger partial charge on any atom is -0.388 e. The van der Waals surface area contributed by atoms with Crippen LogP contribution in [0.25, 0.3) is 0 Å². The van der Waals surface area contributed by atoms with E-state index in [4.69, 9.17) is 4.74 Å². The Labute approximate surface area is 109 Å². The predicted molar refractivity (Wildman–Crippen MR) is 68.3 cm³/mol. The van der Waals surface area contributed by atoms with Crippen molar-refractivity contribution in [3.8, 4) is 0 Å². The lowest BCUT2D eigenvalue weighted by molar-refractivity contribution is -0.135. The first-order chi connectivity index (χ1) is 8.59. The van der Waals surface area contributed by atoms with Gasteiger partial charge in [0.1, 0.15) is 0 Å². The molecule has 1 heterocycles. The van der Waals surface area contributed by atoms with E-state index in [2.05, 4.69) is 4.90 Å². The van der Waals surface area contributed by atoms with Crippen LogP contribution in [0, 0.1) is 0 Å². The Balaban J connectivity index is 1.77. The summed E-state index contributed by atoms with van der Waals surface area (Å²) in [7, 11) is 1.79. The topological polar surface area (TPSA) is 53.0 Å². The minimum atomic E-state index is -0.643. The molecule has 0 bridgehead atoms. The fourth-order valence-corrected chi connectivity index (χ4v) is 2.79. The lowest BCUT2D eigenvalue weighted by atomic mass is 10.0. The van der Waals surface area contributed by atoms with Crippen molar-refractivity contribution in [2.45, 2.75) is 31.3 Å². The smallest absolute Gasteiger partial charge is 0.236 e. The molecule has 1 amide bonds. The van der Waals surface area contributed by atoms with Gasteiger partial charge in [0.05, 0.1) is 25.4 Å². The molecular weight excluding hydrogens is 232 g/mol. The largest absolute Gasteiger partial charge is 0.388 e. The molecule has 1 saturated heterocycles. The second kappa shape index (κ2) is 5.99. The molecule has 0 aromatic rings. The van der Waals surface area contributed by atoms with E-state index in [9.17, 15) is 9.90 Å². The molecule has 0 aromatic heterocycles. The summed E-state index contributed by atoms with van der Waals surface area (Å²) in [4.78, 5) is 15.9. The standard InChI is InChI=1S/C13H24N2O3/c1-14(11-13(17)4-2-3-5-13)12(16)10-15-6-8-18-9-7-15/h17H,2-11H2,1H3. The number of hydrogen-bond acceptors (Lipinski definition) is 4. The van der Waals surface area contributed by atoms with Crippen molar-refractivity contribution in [1.82, 2.24) is 9.80 Å². The Bertz CT molecular complexity index is 284. The lowest BCUT2D eigenvalue weighted by Crippen LogP contribution is -2.47. The van der Waals surface area contributed by atoms with Crippen LogP contribution in [-0.2, 0) is 9.53 Å². The van der Waals surface area contributed by atoms with Gasteiger partial charge in [0.2, 0.25) is 5.91 Å². The van der Waals surface area contributed by atoms with Gasteiger partial charge in [-0.2, -0.15) is 0 Å². The second-order valence-electron chi connectivity index (χ2n) is 5.57. The van der Waals surface area contributed by atoms with Crippen LogP contribution in [0.4, 0.5) is 0 Å². The summed E-state index contributed by atoms with van der Waals surface area (Å²) in [5.74, 6) is 0.0947. The van der Waals surface area contributed by atoms with Gasteiger partial charge in [-0.15, -0.1) is 0 Å². The van der Waals surface area contributed by atoms with Crippen LogP contribution >= 0.6 is 0 Å². The van der Waals surface area contributed by atoms with E-state index in [1.54, 1.807) is 11.9 Å². The van der Waals surface area contributed by atoms with Gasteiger partial charge in [0.25, 0.3) is 0 Å². The number of likely N-dealkylation sites (N-methyl/N-ethyl adjacent to an activating group) is 1. The van der Waals surface area contributed by atoms with Crippen molar-refractivity contribution in [2.75, 3.05) is 46.4 Å². The SMILES string of the molecule is CN(CC1(O)CCCC1)C(=O)CN1CCOCC1. The molecule has 1 aliphatic heterocycles. The van der Waals surface area contributed by atoms with Crippen LogP contribution < -0.4 is 0 Å². The van der Waals surface area contributed by atoms with Crippen LogP contribution in [-0.4, -0.2) is 72.9 Å². The van der Waals surface area contributed by atoms with Crippen LogP contribution in [0.5, 0.6) is 0 Å². The van der Waals surface area contributed by atoms with Crippen molar-refractivity contribution in [3.63, 3.8) is 0 Å². The number of nitrogens with zero attached hydrogens (tertiary/aromatic N) is 2. The normalized spacial score (nSPS) is 24.1. The third kappa shape index (κ3) is 3.67. The van der Waals surface area contributed by atoms with E-state index in [1.807, 2.05) is 0 Å². The van der Waals surface area contributed by atoms with Crippen molar-refractivity contribution in [2.24, 2.45) is 0 Å². The van der Waals surface area contributed by atoms with Crippen LogP contribution in [0.3, 0.4) is 0 Å². The van der Waals surface area contributed by atoms with Gasteiger partial charge in [0.15, 0.2) is 0 Å². The summed E-state index contributed by atoms with van der Waals surface area (Å²) in [6.07, 6.45) is 3.79. The van der Waals surface area contributed by atoms with E-state index in [1.165, 1.54) is 0 Å². The summed E-state index contributed by atoms with van der Waals surface area (Å²) >= 11 is 0. The summed E-state index contributed by atoms with van der Waals surface area (Å²) < 4.78 is 5.26. The van der Waals surface area contributed by atoms with E-state index < -0.39 is 5.60 Å². The zero-order valence-electron chi connectivity index (χ0n) is 11.2. The molecule has 1 saturated carbocycles. The number of amides is 1. The number of morpholine rings is 1. The Morgan fingerprint density at radius 1 is 1.33 bits per heavy atom. The van der Waals surface area contributed by atoms with E-state index >= 15 is 0 Å². The number of ether oxygens (including phenoxy) is 1. The third-order valence-electron chi connectivity index (χ3n) is 3.95. The van der Waals surface area contributed by atoms with Crippen LogP contribution in [0.1, 0.15) is 25.7 Å². The molecule has 104 valence electrons. The fourth-order valence-electron chi connectivity index (χ4n) is 2.79. The van der Waals surface area contributed by atoms with Gasteiger partial charge in [0, 0.05) is 26.7 Å². The quantitative estimate of drug-likeness (QED) is 0.774.